The number of carbonyl (C=O) groups is 1. The Morgan fingerprint density at radius 1 is 0.931 bits per heavy atom. The molecule has 0 aliphatic carbocycles. The molecule has 4 aromatic rings. The van der Waals surface area contributed by atoms with E-state index in [4.69, 9.17) is 23.2 Å². The molecule has 0 bridgehead atoms. The van der Waals surface area contributed by atoms with Crippen LogP contribution in [0.15, 0.2) is 73.1 Å². The lowest BCUT2D eigenvalue weighted by Gasteiger charge is -2.10. The number of halogens is 2. The van der Waals surface area contributed by atoms with Crippen molar-refractivity contribution in [3.05, 3.63) is 99.9 Å². The number of nitrogens with zero attached hydrogens (tertiary/aromatic N) is 4. The van der Waals surface area contributed by atoms with Crippen LogP contribution < -0.4 is 5.32 Å². The number of hydrogen-bond acceptors (Lipinski definition) is 3. The Hall–Kier alpha value is -3.09. The van der Waals surface area contributed by atoms with Crippen molar-refractivity contribution in [2.75, 3.05) is 0 Å². The van der Waals surface area contributed by atoms with Gasteiger partial charge >= 0.3 is 0 Å². The van der Waals surface area contributed by atoms with Crippen LogP contribution in [0.1, 0.15) is 21.6 Å². The number of benzene rings is 2. The van der Waals surface area contributed by atoms with Crippen LogP contribution in [-0.2, 0) is 13.1 Å². The van der Waals surface area contributed by atoms with Crippen LogP contribution in [0.2, 0.25) is 10.0 Å². The van der Waals surface area contributed by atoms with E-state index in [-0.39, 0.29) is 11.6 Å². The van der Waals surface area contributed by atoms with Gasteiger partial charge in [-0.15, -0.1) is 5.10 Å². The van der Waals surface area contributed by atoms with Crippen molar-refractivity contribution in [2.45, 2.75) is 13.1 Å². The summed E-state index contributed by atoms with van der Waals surface area (Å²) in [4.78, 5) is 12.8. The summed E-state index contributed by atoms with van der Waals surface area (Å²) < 4.78 is 3.50. The van der Waals surface area contributed by atoms with Gasteiger partial charge in [-0.1, -0.05) is 52.7 Å². The maximum atomic E-state index is 12.8. The molecule has 2 heterocycles. The lowest BCUT2D eigenvalue weighted by atomic mass is 10.2. The number of carbonyl (C=O) groups excluding carboxylic acids is 1. The predicted octanol–water partition coefficient (Wildman–Crippen LogP) is 4.35. The largest absolute Gasteiger partial charge is 0.346 e. The molecule has 0 unspecified atom stereocenters. The van der Waals surface area contributed by atoms with Crippen molar-refractivity contribution in [3.8, 4) is 5.82 Å². The maximum absolute atomic E-state index is 12.8. The van der Waals surface area contributed by atoms with Crippen LogP contribution in [0.4, 0.5) is 0 Å². The fourth-order valence-corrected chi connectivity index (χ4v) is 3.31. The van der Waals surface area contributed by atoms with Crippen molar-refractivity contribution in [3.63, 3.8) is 0 Å². The summed E-state index contributed by atoms with van der Waals surface area (Å²) in [6.07, 6.45) is 3.70. The molecule has 6 nitrogen and oxygen atoms in total. The highest BCUT2D eigenvalue weighted by atomic mass is 35.5. The first-order chi connectivity index (χ1) is 14.1. The van der Waals surface area contributed by atoms with Crippen molar-refractivity contribution >= 4 is 29.1 Å². The third-order valence-corrected chi connectivity index (χ3v) is 4.85. The number of aromatic nitrogens is 4. The Balaban J connectivity index is 1.60. The zero-order valence-electron chi connectivity index (χ0n) is 15.3. The molecule has 1 N–H and O–H groups in total. The maximum Gasteiger partial charge on any atom is 0.276 e. The fourth-order valence-electron chi connectivity index (χ4n) is 2.97. The van der Waals surface area contributed by atoms with Gasteiger partial charge in [0.15, 0.2) is 11.5 Å². The van der Waals surface area contributed by atoms with Crippen molar-refractivity contribution in [1.82, 2.24) is 24.9 Å². The first-order valence-corrected chi connectivity index (χ1v) is 9.69. The number of nitrogens with one attached hydrogen (secondary N) is 1. The van der Waals surface area contributed by atoms with E-state index in [0.717, 1.165) is 11.1 Å². The molecule has 0 radical (unpaired) electrons. The van der Waals surface area contributed by atoms with Gasteiger partial charge in [0, 0.05) is 29.0 Å². The van der Waals surface area contributed by atoms with Crippen LogP contribution in [0.5, 0.6) is 0 Å². The minimum Gasteiger partial charge on any atom is -0.346 e. The molecule has 4 rings (SSSR count). The molecule has 0 atom stereocenters. The highest BCUT2D eigenvalue weighted by molar-refractivity contribution is 6.30. The second kappa shape index (κ2) is 8.51. The summed E-state index contributed by atoms with van der Waals surface area (Å²) in [5, 5.41) is 12.5. The standard InChI is InChI=1S/C21H17Cl2N5O/c22-17-8-6-15(7-9-17)13-24-20(29)19-21(27-10-1-2-11-27)28(26-25-19)14-16-4-3-5-18(23)12-16/h1-12H,13-14H2,(H,24,29). The summed E-state index contributed by atoms with van der Waals surface area (Å²) in [6, 6.07) is 18.6. The second-order valence-corrected chi connectivity index (χ2v) is 7.32. The molecule has 0 spiro atoms. The molecule has 0 fully saturated rings. The molecular formula is C21H17Cl2N5O. The first kappa shape index (κ1) is 19.2. The van der Waals surface area contributed by atoms with Crippen molar-refractivity contribution in [2.24, 2.45) is 0 Å². The molecule has 0 saturated carbocycles. The Labute approximate surface area is 177 Å². The van der Waals surface area contributed by atoms with Gasteiger partial charge in [-0.3, -0.25) is 4.79 Å². The zero-order valence-corrected chi connectivity index (χ0v) is 16.8. The molecule has 146 valence electrons. The molecular weight excluding hydrogens is 409 g/mol. The monoisotopic (exact) mass is 425 g/mol. The van der Waals surface area contributed by atoms with E-state index in [9.17, 15) is 4.79 Å². The van der Waals surface area contributed by atoms with E-state index in [2.05, 4.69) is 15.6 Å². The average molecular weight is 426 g/mol. The van der Waals surface area contributed by atoms with Gasteiger partial charge in [-0.05, 0) is 47.5 Å². The number of hydrogen-bond donors (Lipinski definition) is 1. The molecule has 0 saturated heterocycles. The van der Waals surface area contributed by atoms with Crippen molar-refractivity contribution < 1.29 is 4.79 Å². The quantitative estimate of drug-likeness (QED) is 0.499. The van der Waals surface area contributed by atoms with Crippen molar-refractivity contribution in [1.29, 1.82) is 0 Å². The van der Waals surface area contributed by atoms with Crippen LogP contribution in [-0.4, -0.2) is 25.5 Å². The smallest absolute Gasteiger partial charge is 0.276 e. The normalized spacial score (nSPS) is 10.8. The lowest BCUT2D eigenvalue weighted by molar-refractivity contribution is 0.0946. The third-order valence-electron chi connectivity index (χ3n) is 4.36. The average Bonchev–Trinajstić information content (AvgIpc) is 3.37. The zero-order chi connectivity index (χ0) is 20.2. The van der Waals surface area contributed by atoms with Gasteiger partial charge in [0.1, 0.15) is 0 Å². The third kappa shape index (κ3) is 4.50. The first-order valence-electron chi connectivity index (χ1n) is 8.94. The molecule has 0 aliphatic heterocycles. The predicted molar refractivity (Wildman–Crippen MR) is 113 cm³/mol. The summed E-state index contributed by atoms with van der Waals surface area (Å²) >= 11 is 12.0. The summed E-state index contributed by atoms with van der Waals surface area (Å²) in [5.74, 6) is 0.282. The summed E-state index contributed by atoms with van der Waals surface area (Å²) in [5.41, 5.74) is 2.15. The summed E-state index contributed by atoms with van der Waals surface area (Å²) in [6.45, 7) is 0.799. The van der Waals surface area contributed by atoms with E-state index in [0.29, 0.717) is 29.0 Å². The Kier molecular flexibility index (Phi) is 5.64. The van der Waals surface area contributed by atoms with Gasteiger partial charge in [-0.2, -0.15) is 0 Å². The molecule has 0 aliphatic rings. The Morgan fingerprint density at radius 3 is 2.41 bits per heavy atom. The highest BCUT2D eigenvalue weighted by Crippen LogP contribution is 2.17. The van der Waals surface area contributed by atoms with Gasteiger partial charge in [-0.25, -0.2) is 4.68 Å². The summed E-state index contributed by atoms with van der Waals surface area (Å²) in [7, 11) is 0. The van der Waals surface area contributed by atoms with E-state index < -0.39 is 0 Å². The van der Waals surface area contributed by atoms with E-state index >= 15 is 0 Å². The second-order valence-electron chi connectivity index (χ2n) is 6.45. The fraction of sp³-hybridized carbons (Fsp3) is 0.0952. The molecule has 29 heavy (non-hydrogen) atoms. The topological polar surface area (TPSA) is 64.7 Å². The van der Waals surface area contributed by atoms with Gasteiger partial charge in [0.25, 0.3) is 5.91 Å². The highest BCUT2D eigenvalue weighted by Gasteiger charge is 2.21. The minimum atomic E-state index is -0.305. The van der Waals surface area contributed by atoms with Crippen LogP contribution in [0, 0.1) is 0 Å². The van der Waals surface area contributed by atoms with Gasteiger partial charge in [0.05, 0.1) is 6.54 Å². The van der Waals surface area contributed by atoms with E-state index in [1.807, 2.05) is 65.5 Å². The lowest BCUT2D eigenvalue weighted by Crippen LogP contribution is -2.25. The van der Waals surface area contributed by atoms with Gasteiger partial charge in [0.2, 0.25) is 0 Å². The Bertz CT molecular complexity index is 1120. The van der Waals surface area contributed by atoms with E-state index in [1.54, 1.807) is 16.8 Å². The van der Waals surface area contributed by atoms with Gasteiger partial charge < -0.3 is 9.88 Å². The van der Waals surface area contributed by atoms with Crippen LogP contribution in [0.25, 0.3) is 5.82 Å². The number of rotatable bonds is 6. The molecule has 2 aromatic heterocycles. The van der Waals surface area contributed by atoms with Crippen LogP contribution >= 0.6 is 23.2 Å². The minimum absolute atomic E-state index is 0.247. The Morgan fingerprint density at radius 2 is 1.69 bits per heavy atom. The molecule has 1 amide bonds. The SMILES string of the molecule is O=C(NCc1ccc(Cl)cc1)c1nnn(Cc2cccc(Cl)c2)c1-n1cccc1. The molecule has 8 heteroatoms. The molecule has 2 aromatic carbocycles. The van der Waals surface area contributed by atoms with E-state index in [1.165, 1.54) is 0 Å². The van der Waals surface area contributed by atoms with Crippen LogP contribution in [0.3, 0.4) is 0 Å². The number of amides is 1.